The zero-order valence-electron chi connectivity index (χ0n) is 11.6. The Morgan fingerprint density at radius 2 is 1.95 bits per heavy atom. The highest BCUT2D eigenvalue weighted by Gasteiger charge is 2.14. The van der Waals surface area contributed by atoms with Crippen molar-refractivity contribution in [2.45, 2.75) is 25.8 Å². The number of carbonyl (C=O) groups is 1. The van der Waals surface area contributed by atoms with E-state index in [2.05, 4.69) is 0 Å². The van der Waals surface area contributed by atoms with Gasteiger partial charge in [-0.15, -0.1) is 0 Å². The molecular formula is C15H16N2O4. The largest absolute Gasteiger partial charge is 0.477 e. The van der Waals surface area contributed by atoms with Crippen LogP contribution in [0.3, 0.4) is 0 Å². The Bertz CT molecular complexity index is 746. The summed E-state index contributed by atoms with van der Waals surface area (Å²) in [6, 6.07) is 9.57. The second-order valence-electron chi connectivity index (χ2n) is 4.89. The van der Waals surface area contributed by atoms with Crippen LogP contribution in [0.15, 0.2) is 46.1 Å². The minimum absolute atomic E-state index is 0.215. The molecule has 0 radical (unpaired) electrons. The van der Waals surface area contributed by atoms with Crippen molar-refractivity contribution in [2.24, 2.45) is 0 Å². The van der Waals surface area contributed by atoms with Crippen LogP contribution in [0.5, 0.6) is 0 Å². The number of aromatic carboxylic acids is 1. The fraction of sp³-hybridized carbons (Fsp3) is 0.267. The highest BCUT2D eigenvalue weighted by Crippen LogP contribution is 2.12. The summed E-state index contributed by atoms with van der Waals surface area (Å²) in [6.45, 7) is 1.81. The molecule has 0 fully saturated rings. The summed E-state index contributed by atoms with van der Waals surface area (Å²) in [6.07, 6.45) is 2.53. The van der Waals surface area contributed by atoms with Crippen molar-refractivity contribution < 1.29 is 9.90 Å². The molecule has 0 aliphatic carbocycles. The van der Waals surface area contributed by atoms with Crippen molar-refractivity contribution in [3.05, 3.63) is 68.5 Å². The summed E-state index contributed by atoms with van der Waals surface area (Å²) in [5.41, 5.74) is -0.758. The first-order valence-electron chi connectivity index (χ1n) is 6.61. The zero-order chi connectivity index (χ0) is 15.4. The molecule has 1 aromatic carbocycles. The number of rotatable bonds is 5. The number of hydrogen-bond acceptors (Lipinski definition) is 3. The SMILES string of the molecule is CC(CCc1ccccc1)n1cc(C(=O)O)c(=O)[nH]c1=O. The Hall–Kier alpha value is -2.63. The quantitative estimate of drug-likeness (QED) is 0.870. The van der Waals surface area contributed by atoms with Crippen LogP contribution in [0.4, 0.5) is 0 Å². The monoisotopic (exact) mass is 288 g/mol. The third kappa shape index (κ3) is 3.47. The van der Waals surface area contributed by atoms with E-state index < -0.39 is 22.8 Å². The number of H-pyrrole nitrogens is 1. The van der Waals surface area contributed by atoms with E-state index in [4.69, 9.17) is 5.11 Å². The van der Waals surface area contributed by atoms with Gasteiger partial charge in [0.15, 0.2) is 0 Å². The number of nitrogens with one attached hydrogen (secondary N) is 1. The van der Waals surface area contributed by atoms with E-state index in [9.17, 15) is 14.4 Å². The highest BCUT2D eigenvalue weighted by atomic mass is 16.4. The number of aromatic amines is 1. The molecule has 0 bridgehead atoms. The van der Waals surface area contributed by atoms with Gasteiger partial charge in [0.1, 0.15) is 5.56 Å². The fourth-order valence-corrected chi connectivity index (χ4v) is 2.12. The van der Waals surface area contributed by atoms with Crippen LogP contribution in [0, 0.1) is 0 Å². The summed E-state index contributed by atoms with van der Waals surface area (Å²) in [5.74, 6) is -1.35. The highest BCUT2D eigenvalue weighted by molar-refractivity contribution is 5.86. The van der Waals surface area contributed by atoms with Gasteiger partial charge in [-0.3, -0.25) is 14.3 Å². The zero-order valence-corrected chi connectivity index (χ0v) is 11.6. The Morgan fingerprint density at radius 3 is 2.57 bits per heavy atom. The van der Waals surface area contributed by atoms with Crippen LogP contribution in [0.25, 0.3) is 0 Å². The normalized spacial score (nSPS) is 12.0. The van der Waals surface area contributed by atoms with Gasteiger partial charge >= 0.3 is 11.7 Å². The number of aromatic nitrogens is 2. The lowest BCUT2D eigenvalue weighted by molar-refractivity contribution is 0.0693. The molecule has 1 atom stereocenters. The first-order valence-corrected chi connectivity index (χ1v) is 6.61. The molecule has 1 heterocycles. The van der Waals surface area contributed by atoms with E-state index in [-0.39, 0.29) is 6.04 Å². The van der Waals surface area contributed by atoms with Gasteiger partial charge in [0, 0.05) is 12.2 Å². The molecule has 2 N–H and O–H groups in total. The summed E-state index contributed by atoms with van der Waals surface area (Å²) in [5, 5.41) is 8.94. The molecule has 0 amide bonds. The van der Waals surface area contributed by atoms with E-state index in [1.807, 2.05) is 42.2 Å². The molecule has 6 nitrogen and oxygen atoms in total. The molecule has 0 saturated carbocycles. The lowest BCUT2D eigenvalue weighted by atomic mass is 10.1. The average molecular weight is 288 g/mol. The second-order valence-corrected chi connectivity index (χ2v) is 4.89. The predicted molar refractivity (Wildman–Crippen MR) is 77.8 cm³/mol. The molecule has 1 unspecified atom stereocenters. The number of carboxylic acid groups (broad SMARTS) is 1. The Labute approximate surface area is 120 Å². The number of nitrogens with zero attached hydrogens (tertiary/aromatic N) is 1. The van der Waals surface area contributed by atoms with Gasteiger partial charge in [0.2, 0.25) is 0 Å². The Morgan fingerprint density at radius 1 is 1.29 bits per heavy atom. The number of hydrogen-bond donors (Lipinski definition) is 2. The van der Waals surface area contributed by atoms with E-state index in [1.165, 1.54) is 4.57 Å². The van der Waals surface area contributed by atoms with Crippen molar-refractivity contribution in [2.75, 3.05) is 0 Å². The van der Waals surface area contributed by atoms with Gasteiger partial charge in [-0.05, 0) is 25.3 Å². The summed E-state index contributed by atoms with van der Waals surface area (Å²) in [4.78, 5) is 36.2. The third-order valence-electron chi connectivity index (χ3n) is 3.37. The molecule has 2 rings (SSSR count). The van der Waals surface area contributed by atoms with Gasteiger partial charge in [0.25, 0.3) is 5.56 Å². The van der Waals surface area contributed by atoms with E-state index >= 15 is 0 Å². The summed E-state index contributed by atoms with van der Waals surface area (Å²) >= 11 is 0. The first-order chi connectivity index (χ1) is 9.99. The van der Waals surface area contributed by atoms with E-state index in [0.717, 1.165) is 18.2 Å². The first kappa shape index (κ1) is 14.8. The summed E-state index contributed by atoms with van der Waals surface area (Å²) in [7, 11) is 0. The maximum absolute atomic E-state index is 11.8. The average Bonchev–Trinajstić information content (AvgIpc) is 2.45. The fourth-order valence-electron chi connectivity index (χ4n) is 2.12. The molecule has 6 heteroatoms. The maximum atomic E-state index is 11.8. The molecular weight excluding hydrogens is 272 g/mol. The van der Waals surface area contributed by atoms with Crippen LogP contribution in [0.2, 0.25) is 0 Å². The van der Waals surface area contributed by atoms with Gasteiger partial charge < -0.3 is 5.11 Å². The van der Waals surface area contributed by atoms with Gasteiger partial charge in [0.05, 0.1) is 0 Å². The van der Waals surface area contributed by atoms with Crippen molar-refractivity contribution in [3.63, 3.8) is 0 Å². The van der Waals surface area contributed by atoms with Crippen molar-refractivity contribution >= 4 is 5.97 Å². The van der Waals surface area contributed by atoms with Crippen molar-refractivity contribution in [3.8, 4) is 0 Å². The predicted octanol–water partition coefficient (Wildman–Crippen LogP) is 1.43. The van der Waals surface area contributed by atoms with E-state index in [1.54, 1.807) is 0 Å². The van der Waals surface area contributed by atoms with Crippen molar-refractivity contribution in [1.82, 2.24) is 9.55 Å². The standard InChI is InChI=1S/C15H16N2O4/c1-10(7-8-11-5-3-2-4-6-11)17-9-12(14(19)20)13(18)16-15(17)21/h2-6,9-10H,7-8H2,1H3,(H,19,20)(H,16,18,21). The van der Waals surface area contributed by atoms with Crippen molar-refractivity contribution in [1.29, 1.82) is 0 Å². The van der Waals surface area contributed by atoms with Gasteiger partial charge in [-0.1, -0.05) is 30.3 Å². The van der Waals surface area contributed by atoms with Gasteiger partial charge in [-0.25, -0.2) is 9.59 Å². The maximum Gasteiger partial charge on any atom is 0.342 e. The molecule has 0 spiro atoms. The molecule has 0 aliphatic heterocycles. The molecule has 0 aliphatic rings. The molecule has 2 aromatic rings. The van der Waals surface area contributed by atoms with Crippen LogP contribution < -0.4 is 11.2 Å². The van der Waals surface area contributed by atoms with Crippen LogP contribution >= 0.6 is 0 Å². The topological polar surface area (TPSA) is 92.2 Å². The lowest BCUT2D eigenvalue weighted by Crippen LogP contribution is -2.34. The molecule has 21 heavy (non-hydrogen) atoms. The van der Waals surface area contributed by atoms with Crippen LogP contribution in [0.1, 0.15) is 35.3 Å². The number of carboxylic acids is 1. The Balaban J connectivity index is 2.21. The van der Waals surface area contributed by atoms with Crippen LogP contribution in [-0.2, 0) is 6.42 Å². The minimum Gasteiger partial charge on any atom is -0.477 e. The molecule has 0 saturated heterocycles. The molecule has 110 valence electrons. The number of benzene rings is 1. The minimum atomic E-state index is -1.35. The number of aryl methyl sites for hydroxylation is 1. The van der Waals surface area contributed by atoms with E-state index in [0.29, 0.717) is 6.42 Å². The smallest absolute Gasteiger partial charge is 0.342 e. The Kier molecular flexibility index (Phi) is 4.37. The van der Waals surface area contributed by atoms with Gasteiger partial charge in [-0.2, -0.15) is 0 Å². The lowest BCUT2D eigenvalue weighted by Gasteiger charge is -2.15. The third-order valence-corrected chi connectivity index (χ3v) is 3.37. The summed E-state index contributed by atoms with van der Waals surface area (Å²) < 4.78 is 1.26. The second kappa shape index (κ2) is 6.21. The molecule has 1 aromatic heterocycles. The van der Waals surface area contributed by atoms with Crippen LogP contribution in [-0.4, -0.2) is 20.6 Å².